The van der Waals surface area contributed by atoms with Crippen LogP contribution in [0.5, 0.6) is 0 Å². The number of aliphatic hydroxyl groups excluding tert-OH is 1. The molecule has 4 rings (SSSR count). The molecule has 0 saturated carbocycles. The van der Waals surface area contributed by atoms with Crippen molar-refractivity contribution < 1.29 is 13.5 Å². The van der Waals surface area contributed by atoms with Crippen molar-refractivity contribution in [1.82, 2.24) is 23.8 Å². The van der Waals surface area contributed by atoms with Gasteiger partial charge in [0, 0.05) is 24.7 Å². The Bertz CT molecular complexity index is 1040. The van der Waals surface area contributed by atoms with Crippen LogP contribution in [-0.2, 0) is 10.0 Å². The zero-order valence-corrected chi connectivity index (χ0v) is 15.0. The molecule has 2 N–H and O–H groups in total. The third kappa shape index (κ3) is 2.54. The lowest BCUT2D eigenvalue weighted by molar-refractivity contribution is 0.182. The van der Waals surface area contributed by atoms with Crippen molar-refractivity contribution in [2.24, 2.45) is 0 Å². The minimum absolute atomic E-state index is 0.0589. The summed E-state index contributed by atoms with van der Waals surface area (Å²) >= 11 is 0. The molecule has 1 unspecified atom stereocenters. The van der Waals surface area contributed by atoms with Crippen molar-refractivity contribution in [3.8, 4) is 0 Å². The van der Waals surface area contributed by atoms with Crippen LogP contribution in [-0.4, -0.2) is 56.2 Å². The highest BCUT2D eigenvalue weighted by Gasteiger charge is 2.34. The van der Waals surface area contributed by atoms with E-state index >= 15 is 0 Å². The number of rotatable bonds is 4. The number of nitrogens with zero attached hydrogens (tertiary/aromatic N) is 4. The van der Waals surface area contributed by atoms with Crippen molar-refractivity contribution in [1.29, 1.82) is 0 Å². The largest absolute Gasteiger partial charge is 0.385 e. The first kappa shape index (κ1) is 16.5. The highest BCUT2D eigenvalue weighted by Crippen LogP contribution is 2.34. The summed E-state index contributed by atoms with van der Waals surface area (Å²) in [6.07, 6.45) is 3.45. The van der Waals surface area contributed by atoms with Crippen molar-refractivity contribution in [3.63, 3.8) is 0 Å². The average molecular weight is 363 g/mol. The number of nitrogens with one attached hydrogen (secondary N) is 1. The van der Waals surface area contributed by atoms with Gasteiger partial charge in [0.15, 0.2) is 0 Å². The van der Waals surface area contributed by atoms with Gasteiger partial charge in [0.25, 0.3) is 0 Å². The van der Waals surface area contributed by atoms with Gasteiger partial charge in [0.1, 0.15) is 23.1 Å². The number of aromatic nitrogens is 4. The van der Waals surface area contributed by atoms with E-state index in [4.69, 9.17) is 0 Å². The second-order valence-electron chi connectivity index (χ2n) is 6.45. The highest BCUT2D eigenvalue weighted by molar-refractivity contribution is 7.89. The van der Waals surface area contributed by atoms with Gasteiger partial charge < -0.3 is 14.7 Å². The molecule has 0 spiro atoms. The Morgan fingerprint density at radius 3 is 3.00 bits per heavy atom. The zero-order valence-electron chi connectivity index (χ0n) is 14.2. The molecule has 8 nitrogen and oxygen atoms in total. The van der Waals surface area contributed by atoms with Crippen LogP contribution in [0.2, 0.25) is 0 Å². The van der Waals surface area contributed by atoms with Crippen LogP contribution in [0.1, 0.15) is 38.2 Å². The zero-order chi connectivity index (χ0) is 17.8. The highest BCUT2D eigenvalue weighted by atomic mass is 32.2. The molecule has 1 aliphatic rings. The van der Waals surface area contributed by atoms with Crippen LogP contribution >= 0.6 is 0 Å². The monoisotopic (exact) mass is 363 g/mol. The van der Waals surface area contributed by atoms with Crippen molar-refractivity contribution in [2.75, 3.05) is 18.8 Å². The third-order valence-corrected chi connectivity index (χ3v) is 6.73. The summed E-state index contributed by atoms with van der Waals surface area (Å²) in [7, 11) is -3.22. The van der Waals surface area contributed by atoms with Crippen LogP contribution in [0.3, 0.4) is 0 Å². The van der Waals surface area contributed by atoms with Gasteiger partial charge in [-0.25, -0.2) is 18.4 Å². The summed E-state index contributed by atoms with van der Waals surface area (Å²) in [5.74, 6) is 0.644. The van der Waals surface area contributed by atoms with Crippen LogP contribution in [0.25, 0.3) is 22.1 Å². The van der Waals surface area contributed by atoms with Crippen LogP contribution in [0, 0.1) is 0 Å². The SMILES string of the molecule is CCS(=O)(=O)N1CCC(n2c([C@@H](C)O)nc3cnc4[nH]ccc4c32)C1. The Balaban J connectivity index is 1.88. The first-order valence-electron chi connectivity index (χ1n) is 8.42. The maximum Gasteiger partial charge on any atom is 0.213 e. The molecule has 1 saturated heterocycles. The fourth-order valence-corrected chi connectivity index (χ4v) is 4.78. The summed E-state index contributed by atoms with van der Waals surface area (Å²) in [5.41, 5.74) is 2.35. The van der Waals surface area contributed by atoms with Crippen molar-refractivity contribution >= 4 is 32.1 Å². The summed E-state index contributed by atoms with van der Waals surface area (Å²) in [6.45, 7) is 4.22. The molecule has 4 heterocycles. The van der Waals surface area contributed by atoms with Gasteiger partial charge in [-0.05, 0) is 26.3 Å². The lowest BCUT2D eigenvalue weighted by atomic mass is 10.2. The number of hydrogen-bond donors (Lipinski definition) is 2. The molecule has 25 heavy (non-hydrogen) atoms. The second kappa shape index (κ2) is 5.79. The first-order chi connectivity index (χ1) is 11.9. The molecule has 1 fully saturated rings. The maximum absolute atomic E-state index is 12.2. The Labute approximate surface area is 145 Å². The number of H-pyrrole nitrogens is 1. The minimum Gasteiger partial charge on any atom is -0.385 e. The molecule has 134 valence electrons. The molecule has 0 bridgehead atoms. The van der Waals surface area contributed by atoms with E-state index in [1.807, 2.05) is 16.8 Å². The molecule has 0 amide bonds. The van der Waals surface area contributed by atoms with E-state index in [1.165, 1.54) is 4.31 Å². The van der Waals surface area contributed by atoms with Crippen LogP contribution in [0.4, 0.5) is 0 Å². The maximum atomic E-state index is 12.2. The quantitative estimate of drug-likeness (QED) is 0.732. The topological polar surface area (TPSA) is 104 Å². The molecule has 9 heteroatoms. The Morgan fingerprint density at radius 2 is 2.28 bits per heavy atom. The summed E-state index contributed by atoms with van der Waals surface area (Å²) < 4.78 is 27.9. The number of sulfonamides is 1. The normalized spacial score (nSPS) is 20.7. The molecule has 0 aromatic carbocycles. The number of aliphatic hydroxyl groups is 1. The molecule has 0 aliphatic carbocycles. The van der Waals surface area contributed by atoms with Crippen molar-refractivity contribution in [2.45, 2.75) is 32.4 Å². The van der Waals surface area contributed by atoms with E-state index in [0.717, 1.165) is 16.6 Å². The van der Waals surface area contributed by atoms with Gasteiger partial charge in [-0.2, -0.15) is 4.31 Å². The predicted octanol–water partition coefficient (Wildman–Crippen LogP) is 1.56. The third-order valence-electron chi connectivity index (χ3n) is 4.88. The van der Waals surface area contributed by atoms with E-state index in [2.05, 4.69) is 15.0 Å². The van der Waals surface area contributed by atoms with Gasteiger partial charge in [-0.1, -0.05) is 0 Å². The van der Waals surface area contributed by atoms with Gasteiger partial charge in [-0.3, -0.25) is 0 Å². The first-order valence-corrected chi connectivity index (χ1v) is 10.0. The Hall–Kier alpha value is -1.97. The van der Waals surface area contributed by atoms with Crippen molar-refractivity contribution in [3.05, 3.63) is 24.3 Å². The number of pyridine rings is 1. The van der Waals surface area contributed by atoms with E-state index in [-0.39, 0.29) is 11.8 Å². The van der Waals surface area contributed by atoms with E-state index in [0.29, 0.717) is 30.9 Å². The summed E-state index contributed by atoms with van der Waals surface area (Å²) in [4.78, 5) is 12.0. The van der Waals surface area contributed by atoms with Gasteiger partial charge in [0.05, 0.1) is 23.5 Å². The molecule has 2 atom stereocenters. The lowest BCUT2D eigenvalue weighted by Crippen LogP contribution is -2.30. The Kier molecular flexibility index (Phi) is 3.82. The van der Waals surface area contributed by atoms with E-state index in [9.17, 15) is 13.5 Å². The van der Waals surface area contributed by atoms with E-state index in [1.54, 1.807) is 20.0 Å². The van der Waals surface area contributed by atoms with Crippen LogP contribution < -0.4 is 0 Å². The second-order valence-corrected chi connectivity index (χ2v) is 8.71. The fourth-order valence-electron chi connectivity index (χ4n) is 3.63. The summed E-state index contributed by atoms with van der Waals surface area (Å²) in [5, 5.41) is 11.1. The summed E-state index contributed by atoms with van der Waals surface area (Å²) in [6, 6.07) is 1.88. The van der Waals surface area contributed by atoms with Gasteiger partial charge in [-0.15, -0.1) is 0 Å². The predicted molar refractivity (Wildman–Crippen MR) is 94.7 cm³/mol. The molecular weight excluding hydrogens is 342 g/mol. The molecule has 3 aromatic rings. The Morgan fingerprint density at radius 1 is 1.48 bits per heavy atom. The number of hydrogen-bond acceptors (Lipinski definition) is 5. The molecule has 0 radical (unpaired) electrons. The standard InChI is InChI=1S/C16H21N5O3S/c1-3-25(23,24)20-7-5-11(9-20)21-14-12-4-6-17-15(12)18-8-13(14)19-16(21)10(2)22/h4,6,8,10-11,22H,3,5,7,9H2,1-2H3,(H,17,18)/t10-,11?/m1/s1. The van der Waals surface area contributed by atoms with Gasteiger partial charge in [0.2, 0.25) is 10.0 Å². The number of fused-ring (bicyclic) bond motifs is 3. The molecule has 1 aliphatic heterocycles. The van der Waals surface area contributed by atoms with Gasteiger partial charge >= 0.3 is 0 Å². The fraction of sp³-hybridized carbons (Fsp3) is 0.500. The smallest absolute Gasteiger partial charge is 0.213 e. The molecule has 3 aromatic heterocycles. The van der Waals surface area contributed by atoms with Crippen LogP contribution in [0.15, 0.2) is 18.5 Å². The number of imidazole rings is 1. The minimum atomic E-state index is -3.22. The lowest BCUT2D eigenvalue weighted by Gasteiger charge is -2.19. The number of aromatic amines is 1. The molecular formula is C16H21N5O3S. The average Bonchev–Trinajstić information content (AvgIpc) is 3.30. The van der Waals surface area contributed by atoms with E-state index < -0.39 is 16.1 Å².